The molecule has 1 amide bonds. The van der Waals surface area contributed by atoms with Gasteiger partial charge in [0.15, 0.2) is 31.5 Å². The molecule has 0 unspecified atom stereocenters. The normalized spacial score (nSPS) is 51.0. The van der Waals surface area contributed by atoms with E-state index >= 15 is 0 Å². The van der Waals surface area contributed by atoms with Crippen molar-refractivity contribution in [3.8, 4) is 0 Å². The molecule has 25 atom stereocenters. The van der Waals surface area contributed by atoms with Crippen LogP contribution in [-0.4, -0.2) is 274 Å². The molecule has 0 aliphatic carbocycles. The Balaban J connectivity index is 1.29. The number of aliphatic hydroxyl groups excluding tert-OH is 16. The van der Waals surface area contributed by atoms with Crippen LogP contribution in [0.15, 0.2) is 0 Å². The van der Waals surface area contributed by atoms with Gasteiger partial charge in [0, 0.05) is 6.92 Å². The highest BCUT2D eigenvalue weighted by Gasteiger charge is 2.55. The predicted octanol–water partition coefficient (Wildman–Crippen LogP) is -11.8. The Kier molecular flexibility index (Phi) is 17.1. The topological polar surface area (TPSA) is 436 Å². The molecule has 17 N–H and O–H groups in total. The zero-order chi connectivity index (χ0) is 43.6. The molecule has 0 bridgehead atoms. The lowest BCUT2D eigenvalue weighted by molar-refractivity contribution is -0.376. The quantitative estimate of drug-likeness (QED) is 0.0770. The summed E-state index contributed by atoms with van der Waals surface area (Å²) in [7, 11) is 0. The molecule has 59 heavy (non-hydrogen) atoms. The summed E-state index contributed by atoms with van der Waals surface area (Å²) in [5.41, 5.74) is 0. The molecule has 0 aromatic carbocycles. The summed E-state index contributed by atoms with van der Waals surface area (Å²) in [6, 6.07) is -1.64. The third-order valence-corrected chi connectivity index (χ3v) is 10.7. The van der Waals surface area contributed by atoms with Crippen LogP contribution in [0.3, 0.4) is 0 Å². The summed E-state index contributed by atoms with van der Waals surface area (Å²) in [5, 5.41) is 169. The smallest absolute Gasteiger partial charge is 0.217 e. The standard InChI is InChI=1S/C32H55NO26/c1-7(38)33-13-17(42)15(40)12(6-51-30-23(48)20(45)26(11(5-37)55-30)57-31-22(47)18(43)14(39)8(2-34)53-31)56-29(13)59-27-16(41)9(3-35)54-32(24(27)49)58-25-10(4-36)52-28(50)21(46)19(25)44/h8-32,34-37,39-50H,2-6H2,1H3,(H,33,38)/t8-,9-,10-,11-,12-,13-,14+,15-,16+,17-,18+,19-,20-,21-,22-,23-,24-,25-,26-,27+,28-,29+,30-,31+,32+/m1/s1. The molecule has 5 aliphatic rings. The zero-order valence-electron chi connectivity index (χ0n) is 31.2. The molecule has 0 aromatic rings. The summed E-state index contributed by atoms with van der Waals surface area (Å²) in [6.07, 6.45) is -43.6. The number of nitrogens with one attached hydrogen (secondary N) is 1. The predicted molar refractivity (Wildman–Crippen MR) is 178 cm³/mol. The summed E-state index contributed by atoms with van der Waals surface area (Å²) in [6.45, 7) is -3.29. The molecule has 344 valence electrons. The van der Waals surface area contributed by atoms with Gasteiger partial charge in [-0.3, -0.25) is 4.79 Å². The minimum atomic E-state index is -2.08. The zero-order valence-corrected chi connectivity index (χ0v) is 31.2. The van der Waals surface area contributed by atoms with Crippen molar-refractivity contribution in [2.45, 2.75) is 160 Å². The fraction of sp³-hybridized carbons (Fsp3) is 0.969. The monoisotopic (exact) mass is 869 g/mol. The molecule has 5 heterocycles. The van der Waals surface area contributed by atoms with Gasteiger partial charge in [-0.1, -0.05) is 0 Å². The van der Waals surface area contributed by atoms with Gasteiger partial charge in [-0.25, -0.2) is 0 Å². The molecule has 0 radical (unpaired) electrons. The molecular weight excluding hydrogens is 814 g/mol. The van der Waals surface area contributed by atoms with Gasteiger partial charge in [-0.15, -0.1) is 0 Å². The number of aliphatic hydroxyl groups is 16. The van der Waals surface area contributed by atoms with Gasteiger partial charge in [0.25, 0.3) is 0 Å². The van der Waals surface area contributed by atoms with Crippen LogP contribution in [0.1, 0.15) is 6.92 Å². The van der Waals surface area contributed by atoms with E-state index in [0.717, 1.165) is 6.92 Å². The molecule has 5 saturated heterocycles. The highest BCUT2D eigenvalue weighted by molar-refractivity contribution is 5.73. The van der Waals surface area contributed by atoms with Gasteiger partial charge in [0.1, 0.15) is 122 Å². The first-order valence-corrected chi connectivity index (χ1v) is 18.6. The van der Waals surface area contributed by atoms with Crippen molar-refractivity contribution in [3.05, 3.63) is 0 Å². The van der Waals surface area contributed by atoms with Crippen LogP contribution >= 0.6 is 0 Å². The fourth-order valence-corrected chi connectivity index (χ4v) is 7.33. The molecule has 0 aromatic heterocycles. The van der Waals surface area contributed by atoms with Crippen LogP contribution in [0.2, 0.25) is 0 Å². The van der Waals surface area contributed by atoms with Crippen LogP contribution in [0.25, 0.3) is 0 Å². The molecule has 27 heteroatoms. The van der Waals surface area contributed by atoms with Gasteiger partial charge >= 0.3 is 0 Å². The van der Waals surface area contributed by atoms with Gasteiger partial charge in [0.05, 0.1) is 33.0 Å². The lowest BCUT2D eigenvalue weighted by atomic mass is 9.95. The van der Waals surface area contributed by atoms with Crippen LogP contribution in [-0.2, 0) is 47.4 Å². The fourth-order valence-electron chi connectivity index (χ4n) is 7.33. The first-order chi connectivity index (χ1) is 27.9. The van der Waals surface area contributed by atoms with E-state index < -0.39 is 192 Å². The van der Waals surface area contributed by atoms with Gasteiger partial charge < -0.3 is 130 Å². The van der Waals surface area contributed by atoms with Crippen LogP contribution < -0.4 is 5.32 Å². The minimum Gasteiger partial charge on any atom is -0.394 e. The number of carbonyl (C=O) groups is 1. The maximum Gasteiger partial charge on any atom is 0.217 e. The number of hydrogen-bond acceptors (Lipinski definition) is 26. The van der Waals surface area contributed by atoms with Crippen molar-refractivity contribution in [2.75, 3.05) is 33.0 Å². The molecule has 5 aliphatic heterocycles. The third-order valence-electron chi connectivity index (χ3n) is 10.7. The van der Waals surface area contributed by atoms with E-state index in [1.54, 1.807) is 0 Å². The van der Waals surface area contributed by atoms with E-state index in [9.17, 15) is 86.5 Å². The van der Waals surface area contributed by atoms with Crippen LogP contribution in [0.5, 0.6) is 0 Å². The average Bonchev–Trinajstić information content (AvgIpc) is 3.21. The maximum absolute atomic E-state index is 12.2. The first-order valence-electron chi connectivity index (χ1n) is 18.6. The van der Waals surface area contributed by atoms with Gasteiger partial charge in [-0.05, 0) is 0 Å². The van der Waals surface area contributed by atoms with Gasteiger partial charge in [-0.2, -0.15) is 0 Å². The van der Waals surface area contributed by atoms with Crippen molar-refractivity contribution in [1.82, 2.24) is 5.32 Å². The Bertz CT molecular complexity index is 1320. The summed E-state index contributed by atoms with van der Waals surface area (Å²) in [4.78, 5) is 12.2. The molecular formula is C32H55NO26. The Morgan fingerprint density at radius 2 is 0.881 bits per heavy atom. The van der Waals surface area contributed by atoms with E-state index in [-0.39, 0.29) is 0 Å². The third kappa shape index (κ3) is 10.3. The van der Waals surface area contributed by atoms with E-state index in [0.29, 0.717) is 0 Å². The molecule has 0 saturated carbocycles. The number of rotatable bonds is 14. The molecule has 5 rings (SSSR count). The number of amides is 1. The summed E-state index contributed by atoms with van der Waals surface area (Å²) in [5.74, 6) is -0.777. The Hall–Kier alpha value is -1.53. The van der Waals surface area contributed by atoms with Crippen molar-refractivity contribution in [2.24, 2.45) is 0 Å². The second-order valence-electron chi connectivity index (χ2n) is 14.7. The summed E-state index contributed by atoms with van der Waals surface area (Å²) >= 11 is 0. The largest absolute Gasteiger partial charge is 0.394 e. The van der Waals surface area contributed by atoms with E-state index in [1.807, 2.05) is 0 Å². The van der Waals surface area contributed by atoms with Crippen LogP contribution in [0.4, 0.5) is 0 Å². The molecule has 27 nitrogen and oxygen atoms in total. The van der Waals surface area contributed by atoms with Crippen molar-refractivity contribution in [3.63, 3.8) is 0 Å². The molecule has 0 spiro atoms. The van der Waals surface area contributed by atoms with Crippen molar-refractivity contribution in [1.29, 1.82) is 0 Å². The molecule has 5 fully saturated rings. The maximum atomic E-state index is 12.2. The van der Waals surface area contributed by atoms with Crippen molar-refractivity contribution >= 4 is 5.91 Å². The van der Waals surface area contributed by atoms with E-state index in [2.05, 4.69) is 5.32 Å². The Morgan fingerprint density at radius 1 is 0.441 bits per heavy atom. The second-order valence-corrected chi connectivity index (χ2v) is 14.7. The second kappa shape index (κ2) is 20.8. The van der Waals surface area contributed by atoms with Crippen molar-refractivity contribution < 1.29 is 129 Å². The van der Waals surface area contributed by atoms with Gasteiger partial charge in [0.2, 0.25) is 5.91 Å². The number of ether oxygens (including phenoxy) is 9. The first kappa shape index (κ1) is 48.5. The lowest BCUT2D eigenvalue weighted by Crippen LogP contribution is -2.69. The number of hydrogen-bond donors (Lipinski definition) is 17. The lowest BCUT2D eigenvalue weighted by Gasteiger charge is -2.49. The highest BCUT2D eigenvalue weighted by Crippen LogP contribution is 2.34. The number of carbonyl (C=O) groups excluding carboxylic acids is 1. The van der Waals surface area contributed by atoms with Crippen LogP contribution in [0, 0.1) is 0 Å². The Labute approximate surface area is 333 Å². The Morgan fingerprint density at radius 3 is 1.44 bits per heavy atom. The van der Waals surface area contributed by atoms with E-state index in [4.69, 9.17) is 42.6 Å². The average molecular weight is 870 g/mol. The highest BCUT2D eigenvalue weighted by atomic mass is 16.8. The summed E-state index contributed by atoms with van der Waals surface area (Å²) < 4.78 is 49.7. The minimum absolute atomic E-state index is 0.777. The van der Waals surface area contributed by atoms with E-state index in [1.165, 1.54) is 0 Å². The SMILES string of the molecule is CC(=O)N[C@H]1[C@H](O[C@H]2[C@@H](O)[C@@H](CO)O[C@@H](O[C@H]3[C@H](O)[C@@H](O)[C@H](O)O[C@@H]3CO)[C@@H]2O)O[C@H](CO[C@@H]2O[C@H](CO)[C@@H](O[C@@H]3O[C@H](CO)[C@H](O)[C@H](O)[C@H]3O)[C@H](O)[C@H]2O)[C@@H](O)[C@@H]1O.